The predicted molar refractivity (Wildman–Crippen MR) is 102 cm³/mol. The van der Waals surface area contributed by atoms with Gasteiger partial charge in [-0.3, -0.25) is 0 Å². The first kappa shape index (κ1) is 18.2. The molecular weight excluding hydrogens is 280 g/mol. The molecule has 0 aromatic heterocycles. The minimum absolute atomic E-state index is 0.614. The normalized spacial score (nSPS) is 23.6. The van der Waals surface area contributed by atoms with Crippen molar-refractivity contribution in [1.82, 2.24) is 10.2 Å². The molecule has 2 heterocycles. The zero-order valence-electron chi connectivity index (χ0n) is 15.1. The molecule has 2 aliphatic heterocycles. The number of rotatable bonds is 6. The second-order valence-corrected chi connectivity index (χ2v) is 7.20. The predicted octanol–water partition coefficient (Wildman–Crippen LogP) is 4.48. The van der Waals surface area contributed by atoms with Crippen molar-refractivity contribution in [3.63, 3.8) is 0 Å². The van der Waals surface area contributed by atoms with Crippen LogP contribution in [-0.4, -0.2) is 37.6 Å². The van der Waals surface area contributed by atoms with Gasteiger partial charge in [0.25, 0.3) is 0 Å². The average molecular weight is 315 g/mol. The summed E-state index contributed by atoms with van der Waals surface area (Å²) in [7, 11) is 0. The highest BCUT2D eigenvalue weighted by atomic mass is 15.1. The summed E-state index contributed by atoms with van der Waals surface area (Å²) in [5.41, 5.74) is 3.10. The average Bonchev–Trinajstić information content (AvgIpc) is 2.58. The summed E-state index contributed by atoms with van der Waals surface area (Å²) in [5.74, 6) is 0. The molecule has 1 N–H and O–H groups in total. The van der Waals surface area contributed by atoms with E-state index < -0.39 is 0 Å². The number of hydrogen-bond acceptors (Lipinski definition) is 2. The lowest BCUT2D eigenvalue weighted by atomic mass is 9.73. The number of allylic oxidation sites excluding steroid dienone is 6. The van der Waals surface area contributed by atoms with Crippen LogP contribution in [0.4, 0.5) is 0 Å². The Morgan fingerprint density at radius 2 is 2.04 bits per heavy atom. The van der Waals surface area contributed by atoms with Gasteiger partial charge in [-0.2, -0.15) is 0 Å². The van der Waals surface area contributed by atoms with Crippen molar-refractivity contribution >= 4 is 0 Å². The van der Waals surface area contributed by atoms with Gasteiger partial charge in [0.05, 0.1) is 0 Å². The van der Waals surface area contributed by atoms with E-state index in [0.717, 1.165) is 6.42 Å². The molecule has 128 valence electrons. The molecule has 0 amide bonds. The molecule has 2 rings (SSSR count). The highest BCUT2D eigenvalue weighted by Crippen LogP contribution is 2.37. The molecule has 2 heteroatoms. The Hall–Kier alpha value is -1.12. The second-order valence-electron chi connectivity index (χ2n) is 7.20. The molecule has 0 aromatic rings. The molecule has 0 saturated carbocycles. The third-order valence-electron chi connectivity index (χ3n) is 5.41. The summed E-state index contributed by atoms with van der Waals surface area (Å²) in [4.78, 5) is 2.69. The van der Waals surface area contributed by atoms with Gasteiger partial charge in [-0.1, -0.05) is 42.5 Å². The van der Waals surface area contributed by atoms with Crippen LogP contribution in [-0.2, 0) is 0 Å². The van der Waals surface area contributed by atoms with Crippen molar-refractivity contribution in [3.8, 4) is 0 Å². The molecule has 0 bridgehead atoms. The Morgan fingerprint density at radius 3 is 2.74 bits per heavy atom. The first-order chi connectivity index (χ1) is 11.2. The van der Waals surface area contributed by atoms with Crippen molar-refractivity contribution in [2.24, 2.45) is 5.41 Å². The van der Waals surface area contributed by atoms with Gasteiger partial charge < -0.3 is 10.2 Å². The second kappa shape index (κ2) is 9.24. The number of piperidine rings is 2. The molecule has 0 radical (unpaired) electrons. The van der Waals surface area contributed by atoms with Crippen LogP contribution in [0.25, 0.3) is 0 Å². The Morgan fingerprint density at radius 1 is 1.26 bits per heavy atom. The van der Waals surface area contributed by atoms with Crippen molar-refractivity contribution in [2.75, 3.05) is 32.7 Å². The zero-order chi connectivity index (χ0) is 16.5. The molecule has 23 heavy (non-hydrogen) atoms. The quantitative estimate of drug-likeness (QED) is 0.727. The van der Waals surface area contributed by atoms with E-state index in [9.17, 15) is 0 Å². The van der Waals surface area contributed by atoms with Crippen LogP contribution in [0.15, 0.2) is 48.1 Å². The Bertz CT molecular complexity index is 459. The monoisotopic (exact) mass is 314 g/mol. The first-order valence-electron chi connectivity index (χ1n) is 9.24. The van der Waals surface area contributed by atoms with Gasteiger partial charge >= 0.3 is 0 Å². The van der Waals surface area contributed by atoms with Crippen LogP contribution in [0.1, 0.15) is 46.0 Å². The summed E-state index contributed by atoms with van der Waals surface area (Å²) in [6.45, 7) is 14.3. The largest absolute Gasteiger partial charge is 0.317 e. The van der Waals surface area contributed by atoms with Gasteiger partial charge in [0, 0.05) is 13.1 Å². The summed E-state index contributed by atoms with van der Waals surface area (Å²) in [5, 5.41) is 3.51. The topological polar surface area (TPSA) is 15.3 Å². The fourth-order valence-corrected chi connectivity index (χ4v) is 3.86. The highest BCUT2D eigenvalue weighted by Gasteiger charge is 2.35. The van der Waals surface area contributed by atoms with E-state index in [1.165, 1.54) is 69.6 Å². The molecule has 2 fully saturated rings. The fourth-order valence-electron chi connectivity index (χ4n) is 3.86. The maximum Gasteiger partial charge on any atom is 0.00391 e. The van der Waals surface area contributed by atoms with Crippen molar-refractivity contribution in [2.45, 2.75) is 46.0 Å². The van der Waals surface area contributed by atoms with Gasteiger partial charge in [-0.15, -0.1) is 0 Å². The van der Waals surface area contributed by atoms with Crippen LogP contribution in [0.2, 0.25) is 0 Å². The fraction of sp³-hybridized carbons (Fsp3) is 0.619. The SMILES string of the molecule is C=CC(/C=C/CCN1CCCC2(CCNCC2)C1)=C\C(C)=C\C. The Labute approximate surface area is 143 Å². The van der Waals surface area contributed by atoms with Gasteiger partial charge in [0.15, 0.2) is 0 Å². The number of nitrogens with zero attached hydrogens (tertiary/aromatic N) is 1. The minimum atomic E-state index is 0.614. The zero-order valence-corrected chi connectivity index (χ0v) is 15.1. The molecule has 2 saturated heterocycles. The van der Waals surface area contributed by atoms with E-state index in [-0.39, 0.29) is 0 Å². The summed E-state index contributed by atoms with van der Waals surface area (Å²) < 4.78 is 0. The molecule has 0 aromatic carbocycles. The number of likely N-dealkylation sites (tertiary alicyclic amines) is 1. The van der Waals surface area contributed by atoms with Crippen LogP contribution in [0.3, 0.4) is 0 Å². The van der Waals surface area contributed by atoms with Crippen molar-refractivity contribution in [3.05, 3.63) is 48.1 Å². The lowest BCUT2D eigenvalue weighted by Gasteiger charge is -2.45. The lowest BCUT2D eigenvalue weighted by molar-refractivity contribution is 0.0608. The van der Waals surface area contributed by atoms with Crippen LogP contribution < -0.4 is 5.32 Å². The van der Waals surface area contributed by atoms with Crippen LogP contribution in [0.5, 0.6) is 0 Å². The molecule has 1 spiro atoms. The first-order valence-corrected chi connectivity index (χ1v) is 9.24. The Balaban J connectivity index is 1.80. The smallest absolute Gasteiger partial charge is 0.00391 e. The number of hydrogen-bond donors (Lipinski definition) is 1. The standard InChI is InChI=1S/C21H34N2/c1-4-19(3)17-20(5-2)9-6-7-15-23-16-8-10-21(18-23)11-13-22-14-12-21/h4-6,9,17,22H,2,7-8,10-16,18H2,1,3H3/b9-6+,19-4+,20-17+. The van der Waals surface area contributed by atoms with E-state index in [1.807, 2.05) is 6.08 Å². The van der Waals surface area contributed by atoms with Crippen LogP contribution >= 0.6 is 0 Å². The van der Waals surface area contributed by atoms with E-state index in [4.69, 9.17) is 0 Å². The molecular formula is C21H34N2. The summed E-state index contributed by atoms with van der Waals surface area (Å²) >= 11 is 0. The molecule has 0 aliphatic carbocycles. The van der Waals surface area contributed by atoms with Crippen molar-refractivity contribution in [1.29, 1.82) is 0 Å². The maximum atomic E-state index is 3.91. The minimum Gasteiger partial charge on any atom is -0.317 e. The summed E-state index contributed by atoms with van der Waals surface area (Å²) in [6.07, 6.45) is 17.5. The van der Waals surface area contributed by atoms with Gasteiger partial charge in [0.2, 0.25) is 0 Å². The summed E-state index contributed by atoms with van der Waals surface area (Å²) in [6, 6.07) is 0. The van der Waals surface area contributed by atoms with Gasteiger partial charge in [-0.25, -0.2) is 0 Å². The van der Waals surface area contributed by atoms with E-state index in [2.05, 4.69) is 54.9 Å². The molecule has 2 nitrogen and oxygen atoms in total. The maximum absolute atomic E-state index is 3.91. The Kier molecular flexibility index (Phi) is 7.32. The molecule has 2 aliphatic rings. The number of nitrogens with one attached hydrogen (secondary N) is 1. The third kappa shape index (κ3) is 5.78. The van der Waals surface area contributed by atoms with E-state index in [1.54, 1.807) is 0 Å². The van der Waals surface area contributed by atoms with Crippen molar-refractivity contribution < 1.29 is 0 Å². The molecule has 0 unspecified atom stereocenters. The lowest BCUT2D eigenvalue weighted by Crippen LogP contribution is -2.48. The van der Waals surface area contributed by atoms with Gasteiger partial charge in [0.1, 0.15) is 0 Å². The van der Waals surface area contributed by atoms with Crippen LogP contribution in [0, 0.1) is 5.41 Å². The molecule has 0 atom stereocenters. The van der Waals surface area contributed by atoms with E-state index >= 15 is 0 Å². The third-order valence-corrected chi connectivity index (χ3v) is 5.41. The van der Waals surface area contributed by atoms with Gasteiger partial charge in [-0.05, 0) is 76.6 Å². The van der Waals surface area contributed by atoms with E-state index in [0.29, 0.717) is 5.41 Å². The highest BCUT2D eigenvalue weighted by molar-refractivity contribution is 5.35.